The Kier molecular flexibility index (Phi) is 5.11. The van der Waals surface area contributed by atoms with Gasteiger partial charge in [-0.25, -0.2) is 9.97 Å². The second kappa shape index (κ2) is 6.40. The third kappa shape index (κ3) is 3.72. The molecule has 2 aromatic rings. The summed E-state index contributed by atoms with van der Waals surface area (Å²) in [6.45, 7) is 0. The van der Waals surface area contributed by atoms with Crippen LogP contribution < -0.4 is 5.32 Å². The van der Waals surface area contributed by atoms with Gasteiger partial charge in [-0.2, -0.15) is 0 Å². The monoisotopic (exact) mass is 455 g/mol. The number of halogens is 3. The Morgan fingerprint density at radius 2 is 2.11 bits per heavy atom. The molecule has 0 atom stereocenters. The van der Waals surface area contributed by atoms with Crippen molar-refractivity contribution in [1.82, 2.24) is 9.97 Å². The van der Waals surface area contributed by atoms with Gasteiger partial charge >= 0.3 is 0 Å². The van der Waals surface area contributed by atoms with E-state index < -0.39 is 0 Å². The summed E-state index contributed by atoms with van der Waals surface area (Å²) in [4.78, 5) is 8.44. The molecule has 2 rings (SSSR count). The summed E-state index contributed by atoms with van der Waals surface area (Å²) < 4.78 is 2.20. The zero-order chi connectivity index (χ0) is 13.1. The first kappa shape index (κ1) is 14.4. The average molecular weight is 457 g/mol. The van der Waals surface area contributed by atoms with Gasteiger partial charge in [-0.3, -0.25) is 0 Å². The van der Waals surface area contributed by atoms with Crippen molar-refractivity contribution in [1.29, 1.82) is 0 Å². The van der Waals surface area contributed by atoms with Crippen LogP contribution in [0.5, 0.6) is 0 Å². The number of benzene rings is 1. The number of hydrogen-bond acceptors (Lipinski definition) is 4. The Balaban J connectivity index is 2.27. The number of aromatic nitrogens is 2. The molecule has 1 aromatic heterocycles. The standard InChI is InChI=1S/C11H8BrClIN3S/c1-18-11-16-9(13)5-10(17-11)15-6-2-3-7(12)8(14)4-6/h2-5H,1H3,(H,15,16,17). The van der Waals surface area contributed by atoms with Gasteiger partial charge in [0.2, 0.25) is 0 Å². The van der Waals surface area contributed by atoms with Crippen molar-refractivity contribution in [3.8, 4) is 0 Å². The number of rotatable bonds is 3. The summed E-state index contributed by atoms with van der Waals surface area (Å²) in [5.74, 6) is 0.692. The van der Waals surface area contributed by atoms with Gasteiger partial charge in [0, 0.05) is 19.8 Å². The molecule has 1 N–H and O–H groups in total. The van der Waals surface area contributed by atoms with Crippen LogP contribution in [0.15, 0.2) is 33.9 Å². The summed E-state index contributed by atoms with van der Waals surface area (Å²) in [6, 6.07) is 7.69. The summed E-state index contributed by atoms with van der Waals surface area (Å²) in [6.07, 6.45) is 1.91. The number of nitrogens with one attached hydrogen (secondary N) is 1. The van der Waals surface area contributed by atoms with Crippen LogP contribution in [0.3, 0.4) is 0 Å². The third-order valence-corrected chi connectivity index (χ3v) is 5.12. The van der Waals surface area contributed by atoms with Crippen molar-refractivity contribution in [2.45, 2.75) is 5.16 Å². The lowest BCUT2D eigenvalue weighted by molar-refractivity contribution is 0.976. The molecule has 7 heteroatoms. The van der Waals surface area contributed by atoms with Gasteiger partial charge in [-0.15, -0.1) is 0 Å². The van der Waals surface area contributed by atoms with Gasteiger partial charge in [0.25, 0.3) is 0 Å². The molecule has 0 radical (unpaired) electrons. The summed E-state index contributed by atoms with van der Waals surface area (Å²) in [7, 11) is 0. The van der Waals surface area contributed by atoms with Crippen molar-refractivity contribution < 1.29 is 0 Å². The molecule has 0 aliphatic carbocycles. The highest BCUT2D eigenvalue weighted by Crippen LogP contribution is 2.25. The van der Waals surface area contributed by atoms with Crippen LogP contribution in [0.4, 0.5) is 11.5 Å². The van der Waals surface area contributed by atoms with Crippen LogP contribution in [0.25, 0.3) is 0 Å². The molecule has 0 aliphatic heterocycles. The molecule has 0 amide bonds. The Hall–Kier alpha value is -0.0500. The van der Waals surface area contributed by atoms with Gasteiger partial charge in [0.1, 0.15) is 11.0 Å². The van der Waals surface area contributed by atoms with Crippen LogP contribution in [-0.4, -0.2) is 16.2 Å². The van der Waals surface area contributed by atoms with Crippen LogP contribution in [0.1, 0.15) is 0 Å². The number of thioether (sulfide) groups is 1. The van der Waals surface area contributed by atoms with Crippen LogP contribution in [-0.2, 0) is 0 Å². The Morgan fingerprint density at radius 3 is 2.78 bits per heavy atom. The minimum atomic E-state index is 0.434. The highest BCUT2D eigenvalue weighted by atomic mass is 127. The van der Waals surface area contributed by atoms with E-state index in [1.165, 1.54) is 11.8 Å². The van der Waals surface area contributed by atoms with Crippen LogP contribution in [0.2, 0.25) is 5.15 Å². The lowest BCUT2D eigenvalue weighted by Gasteiger charge is -2.08. The molecule has 0 bridgehead atoms. The maximum atomic E-state index is 5.94. The van der Waals surface area contributed by atoms with Crippen molar-refractivity contribution in [3.63, 3.8) is 0 Å². The first-order valence-electron chi connectivity index (χ1n) is 4.89. The minimum Gasteiger partial charge on any atom is -0.340 e. The number of nitrogens with zero attached hydrogens (tertiary/aromatic N) is 2. The molecule has 0 unspecified atom stereocenters. The van der Waals surface area contributed by atoms with Gasteiger partial charge in [-0.1, -0.05) is 23.4 Å². The topological polar surface area (TPSA) is 37.8 Å². The fourth-order valence-electron chi connectivity index (χ4n) is 1.27. The average Bonchev–Trinajstić information content (AvgIpc) is 2.33. The molecule has 3 nitrogen and oxygen atoms in total. The molecule has 0 spiro atoms. The maximum absolute atomic E-state index is 5.94. The summed E-state index contributed by atoms with van der Waals surface area (Å²) >= 11 is 13.1. The molecule has 18 heavy (non-hydrogen) atoms. The smallest absolute Gasteiger partial charge is 0.190 e. The molecule has 0 saturated carbocycles. The molecule has 0 aliphatic rings. The van der Waals surface area contributed by atoms with Crippen molar-refractivity contribution >= 4 is 73.4 Å². The SMILES string of the molecule is CSc1nc(Cl)cc(Nc2ccc(Br)c(I)c2)n1. The fraction of sp³-hybridized carbons (Fsp3) is 0.0909. The highest BCUT2D eigenvalue weighted by Gasteiger charge is 2.04. The van der Waals surface area contributed by atoms with Crippen molar-refractivity contribution in [3.05, 3.63) is 37.5 Å². The van der Waals surface area contributed by atoms with E-state index in [0.29, 0.717) is 16.1 Å². The Bertz CT molecular complexity index is 582. The molecule has 0 saturated heterocycles. The number of anilines is 2. The van der Waals surface area contributed by atoms with E-state index in [9.17, 15) is 0 Å². The van der Waals surface area contributed by atoms with Crippen molar-refractivity contribution in [2.75, 3.05) is 11.6 Å². The quantitative estimate of drug-likeness (QED) is 0.307. The van der Waals surface area contributed by atoms with Gasteiger partial charge in [0.15, 0.2) is 5.16 Å². The Morgan fingerprint density at radius 1 is 1.33 bits per heavy atom. The van der Waals surface area contributed by atoms with E-state index in [4.69, 9.17) is 11.6 Å². The predicted molar refractivity (Wildman–Crippen MR) is 89.0 cm³/mol. The summed E-state index contributed by atoms with van der Waals surface area (Å²) in [5.41, 5.74) is 0.962. The molecule has 94 valence electrons. The van der Waals surface area contributed by atoms with E-state index in [2.05, 4.69) is 53.8 Å². The van der Waals surface area contributed by atoms with Gasteiger partial charge in [-0.05, 0) is 63.0 Å². The zero-order valence-corrected chi connectivity index (χ0v) is 14.6. The summed E-state index contributed by atoms with van der Waals surface area (Å²) in [5, 5.41) is 4.30. The fourth-order valence-corrected chi connectivity index (χ4v) is 2.65. The lowest BCUT2D eigenvalue weighted by Crippen LogP contribution is -1.97. The maximum Gasteiger partial charge on any atom is 0.190 e. The molecular formula is C11H8BrClIN3S. The first-order valence-corrected chi connectivity index (χ1v) is 8.36. The van der Waals surface area contributed by atoms with E-state index in [-0.39, 0.29) is 0 Å². The normalized spacial score (nSPS) is 10.4. The van der Waals surface area contributed by atoms with E-state index >= 15 is 0 Å². The predicted octanol–water partition coefficient (Wildman–Crippen LogP) is 4.96. The molecule has 0 fully saturated rings. The third-order valence-electron chi connectivity index (χ3n) is 2.05. The van der Waals surface area contributed by atoms with Crippen molar-refractivity contribution in [2.24, 2.45) is 0 Å². The first-order chi connectivity index (χ1) is 8.58. The second-order valence-corrected chi connectivity index (χ2v) is 6.49. The minimum absolute atomic E-state index is 0.434. The van der Waals surface area contributed by atoms with E-state index in [0.717, 1.165) is 13.7 Å². The van der Waals surface area contributed by atoms with Crippen LogP contribution >= 0.6 is 61.9 Å². The van der Waals surface area contributed by atoms with E-state index in [1.54, 1.807) is 6.07 Å². The zero-order valence-electron chi connectivity index (χ0n) is 9.25. The molecule has 1 heterocycles. The van der Waals surface area contributed by atoms with Gasteiger partial charge < -0.3 is 5.32 Å². The number of hydrogen-bond donors (Lipinski definition) is 1. The molecule has 1 aromatic carbocycles. The van der Waals surface area contributed by atoms with Crippen LogP contribution in [0, 0.1) is 3.57 Å². The van der Waals surface area contributed by atoms with E-state index in [1.807, 2.05) is 24.5 Å². The lowest BCUT2D eigenvalue weighted by atomic mass is 10.3. The highest BCUT2D eigenvalue weighted by molar-refractivity contribution is 14.1. The molecular weight excluding hydrogens is 448 g/mol. The van der Waals surface area contributed by atoms with Gasteiger partial charge in [0.05, 0.1) is 0 Å². The second-order valence-electron chi connectivity index (χ2n) is 3.32. The Labute approximate surface area is 136 Å². The largest absolute Gasteiger partial charge is 0.340 e.